The van der Waals surface area contributed by atoms with E-state index in [1.165, 1.54) is 18.2 Å². The first-order valence-electron chi connectivity index (χ1n) is 8.17. The number of alkyl halides is 9. The Morgan fingerprint density at radius 2 is 1.23 bits per heavy atom. The molecule has 0 aliphatic heterocycles. The molecular formula is C19H12F10O. The van der Waals surface area contributed by atoms with Crippen molar-refractivity contribution >= 4 is 5.78 Å². The highest BCUT2D eigenvalue weighted by atomic mass is 19.4. The van der Waals surface area contributed by atoms with Crippen molar-refractivity contribution in [3.63, 3.8) is 0 Å². The van der Waals surface area contributed by atoms with Crippen molar-refractivity contribution in [3.8, 4) is 0 Å². The summed E-state index contributed by atoms with van der Waals surface area (Å²) in [6, 6.07) is 9.60. The van der Waals surface area contributed by atoms with Crippen LogP contribution in [0, 0.1) is 5.82 Å². The minimum atomic E-state index is -7.08. The summed E-state index contributed by atoms with van der Waals surface area (Å²) in [5.74, 6) is -24.9. The molecule has 11 heteroatoms. The average Bonchev–Trinajstić information content (AvgIpc) is 2.65. The van der Waals surface area contributed by atoms with Crippen molar-refractivity contribution in [1.82, 2.24) is 0 Å². The number of halogens is 10. The molecule has 1 unspecified atom stereocenters. The van der Waals surface area contributed by atoms with Crippen LogP contribution < -0.4 is 0 Å². The van der Waals surface area contributed by atoms with Gasteiger partial charge >= 0.3 is 23.9 Å². The molecule has 0 radical (unpaired) electrons. The number of benzene rings is 2. The summed E-state index contributed by atoms with van der Waals surface area (Å²) in [7, 11) is 0. The highest BCUT2D eigenvalue weighted by Gasteiger charge is 2.81. The third-order valence-electron chi connectivity index (χ3n) is 4.33. The Bertz CT molecular complexity index is 890. The van der Waals surface area contributed by atoms with Gasteiger partial charge in [0.1, 0.15) is 5.82 Å². The SMILES string of the molecule is O=C(c1ccccc1F)C(CC(F)(F)C(F)(F)C(F)(F)C(F)(F)F)c1ccccc1. The summed E-state index contributed by atoms with van der Waals surface area (Å²) in [6.45, 7) is 0. The maximum atomic E-state index is 14.2. The fraction of sp³-hybridized carbons (Fsp3) is 0.316. The molecule has 1 nitrogen and oxygen atoms in total. The van der Waals surface area contributed by atoms with Gasteiger partial charge in [-0.1, -0.05) is 42.5 Å². The van der Waals surface area contributed by atoms with E-state index in [0.29, 0.717) is 0 Å². The van der Waals surface area contributed by atoms with E-state index < -0.39 is 59.0 Å². The summed E-state index contributed by atoms with van der Waals surface area (Å²) < 4.78 is 133. The second-order valence-electron chi connectivity index (χ2n) is 6.36. The molecular weight excluding hydrogens is 434 g/mol. The van der Waals surface area contributed by atoms with Gasteiger partial charge in [0.2, 0.25) is 0 Å². The zero-order valence-electron chi connectivity index (χ0n) is 14.7. The van der Waals surface area contributed by atoms with E-state index in [-0.39, 0.29) is 0 Å². The highest BCUT2D eigenvalue weighted by molar-refractivity contribution is 6.01. The topological polar surface area (TPSA) is 17.1 Å². The Balaban J connectivity index is 2.53. The smallest absolute Gasteiger partial charge is 0.293 e. The lowest BCUT2D eigenvalue weighted by molar-refractivity contribution is -0.396. The molecule has 164 valence electrons. The Morgan fingerprint density at radius 3 is 1.73 bits per heavy atom. The Hall–Kier alpha value is -2.59. The standard InChI is InChI=1S/C19H12F10O/c20-14-9-5-4-8-12(14)15(30)13(11-6-2-1-3-7-11)10-16(21,22)17(23,24)18(25,26)19(27,28)29/h1-9,13H,10H2. The van der Waals surface area contributed by atoms with Crippen molar-refractivity contribution in [2.45, 2.75) is 36.3 Å². The number of Topliss-reactive ketones (excluding diaryl/α,β-unsaturated/α-hetero) is 1. The summed E-state index contributed by atoms with van der Waals surface area (Å²) in [5, 5.41) is 0. The molecule has 30 heavy (non-hydrogen) atoms. The van der Waals surface area contributed by atoms with Gasteiger partial charge in [-0.25, -0.2) is 4.39 Å². The number of hydrogen-bond donors (Lipinski definition) is 0. The van der Waals surface area contributed by atoms with Crippen LogP contribution in [0.5, 0.6) is 0 Å². The van der Waals surface area contributed by atoms with Crippen molar-refractivity contribution in [2.75, 3.05) is 0 Å². The van der Waals surface area contributed by atoms with Gasteiger partial charge in [0, 0.05) is 6.42 Å². The molecule has 0 bridgehead atoms. The maximum Gasteiger partial charge on any atom is 0.460 e. The molecule has 0 amide bonds. The molecule has 0 N–H and O–H groups in total. The van der Waals surface area contributed by atoms with E-state index in [1.54, 1.807) is 0 Å². The van der Waals surface area contributed by atoms with Gasteiger partial charge in [-0.2, -0.15) is 39.5 Å². The van der Waals surface area contributed by atoms with Gasteiger partial charge in [-0.3, -0.25) is 4.79 Å². The second-order valence-corrected chi connectivity index (χ2v) is 6.36. The molecule has 0 aromatic heterocycles. The lowest BCUT2D eigenvalue weighted by Crippen LogP contribution is -2.61. The van der Waals surface area contributed by atoms with Crippen molar-refractivity contribution in [1.29, 1.82) is 0 Å². The van der Waals surface area contributed by atoms with Crippen LogP contribution in [0.2, 0.25) is 0 Å². The minimum Gasteiger partial charge on any atom is -0.293 e. The van der Waals surface area contributed by atoms with E-state index in [1.807, 2.05) is 0 Å². The molecule has 0 aliphatic rings. The Kier molecular flexibility index (Phi) is 6.25. The molecule has 0 spiro atoms. The minimum absolute atomic E-state index is 0.392. The first kappa shape index (κ1) is 23.7. The van der Waals surface area contributed by atoms with Crippen LogP contribution in [0.15, 0.2) is 54.6 Å². The maximum absolute atomic E-state index is 14.2. The van der Waals surface area contributed by atoms with Crippen LogP contribution in [0.1, 0.15) is 28.3 Å². The molecule has 1 atom stereocenters. The van der Waals surface area contributed by atoms with Crippen molar-refractivity contribution in [3.05, 3.63) is 71.5 Å². The molecule has 2 rings (SSSR count). The second kappa shape index (κ2) is 7.92. The van der Waals surface area contributed by atoms with Crippen LogP contribution in [0.4, 0.5) is 43.9 Å². The number of carbonyl (C=O) groups is 1. The summed E-state index contributed by atoms with van der Waals surface area (Å²) in [4.78, 5) is 12.6. The number of carbonyl (C=O) groups excluding carboxylic acids is 1. The normalized spacial score (nSPS) is 14.5. The summed E-state index contributed by atoms with van der Waals surface area (Å²) in [6.07, 6.45) is -9.39. The first-order valence-corrected chi connectivity index (χ1v) is 8.17. The van der Waals surface area contributed by atoms with Crippen LogP contribution in [0.3, 0.4) is 0 Å². The molecule has 2 aromatic carbocycles. The molecule has 0 aliphatic carbocycles. The lowest BCUT2D eigenvalue weighted by Gasteiger charge is -2.35. The third kappa shape index (κ3) is 4.15. The van der Waals surface area contributed by atoms with Gasteiger partial charge in [0.15, 0.2) is 5.78 Å². The zero-order chi connectivity index (χ0) is 23.0. The lowest BCUT2D eigenvalue weighted by atomic mass is 9.83. The fourth-order valence-corrected chi connectivity index (χ4v) is 2.69. The molecule has 0 fully saturated rings. The van der Waals surface area contributed by atoms with Gasteiger partial charge in [-0.15, -0.1) is 0 Å². The van der Waals surface area contributed by atoms with Crippen LogP contribution in [-0.4, -0.2) is 29.7 Å². The number of hydrogen-bond acceptors (Lipinski definition) is 1. The number of ketones is 1. The van der Waals surface area contributed by atoms with Gasteiger partial charge in [0.25, 0.3) is 0 Å². The van der Waals surface area contributed by atoms with Gasteiger partial charge < -0.3 is 0 Å². The molecule has 0 saturated carbocycles. The van der Waals surface area contributed by atoms with Crippen LogP contribution >= 0.6 is 0 Å². The largest absolute Gasteiger partial charge is 0.460 e. The predicted molar refractivity (Wildman–Crippen MR) is 85.4 cm³/mol. The van der Waals surface area contributed by atoms with E-state index >= 15 is 0 Å². The van der Waals surface area contributed by atoms with Crippen LogP contribution in [-0.2, 0) is 0 Å². The van der Waals surface area contributed by atoms with Crippen LogP contribution in [0.25, 0.3) is 0 Å². The predicted octanol–water partition coefficient (Wildman–Crippen LogP) is 6.65. The Labute approximate surface area is 163 Å². The monoisotopic (exact) mass is 446 g/mol. The first-order chi connectivity index (χ1) is 13.6. The highest BCUT2D eigenvalue weighted by Crippen LogP contribution is 2.55. The quantitative estimate of drug-likeness (QED) is 0.344. The van der Waals surface area contributed by atoms with E-state index in [9.17, 15) is 48.7 Å². The van der Waals surface area contributed by atoms with Crippen molar-refractivity contribution in [2.24, 2.45) is 0 Å². The summed E-state index contributed by atoms with van der Waals surface area (Å²) in [5.41, 5.74) is -1.20. The van der Waals surface area contributed by atoms with Gasteiger partial charge in [0.05, 0.1) is 11.5 Å². The van der Waals surface area contributed by atoms with Crippen molar-refractivity contribution < 1.29 is 48.7 Å². The summed E-state index contributed by atoms with van der Waals surface area (Å²) >= 11 is 0. The van der Waals surface area contributed by atoms with E-state index in [4.69, 9.17) is 0 Å². The molecule has 0 saturated heterocycles. The molecule has 2 aromatic rings. The van der Waals surface area contributed by atoms with E-state index in [2.05, 4.69) is 0 Å². The zero-order valence-corrected chi connectivity index (χ0v) is 14.7. The fourth-order valence-electron chi connectivity index (χ4n) is 2.69. The third-order valence-corrected chi connectivity index (χ3v) is 4.33. The number of rotatable bonds is 7. The average molecular weight is 446 g/mol. The Morgan fingerprint density at radius 1 is 0.733 bits per heavy atom. The molecule has 0 heterocycles. The van der Waals surface area contributed by atoms with E-state index in [0.717, 1.165) is 36.4 Å². The van der Waals surface area contributed by atoms with Gasteiger partial charge in [-0.05, 0) is 17.7 Å².